The van der Waals surface area contributed by atoms with Crippen molar-refractivity contribution in [3.63, 3.8) is 0 Å². The predicted molar refractivity (Wildman–Crippen MR) is 94.9 cm³/mol. The van der Waals surface area contributed by atoms with Crippen molar-refractivity contribution in [1.82, 2.24) is 9.47 Å². The Bertz CT molecular complexity index is 924. The lowest BCUT2D eigenvalue weighted by Crippen LogP contribution is -2.37. The SMILES string of the molecule is COc1ccc2c(c1)c1c3n2C(=O)CCC3N(C)CC1.CS(=O)(=O)O. The van der Waals surface area contributed by atoms with Gasteiger partial charge in [-0.25, -0.2) is 0 Å². The molecule has 0 fully saturated rings. The van der Waals surface area contributed by atoms with Gasteiger partial charge in [0.15, 0.2) is 0 Å². The van der Waals surface area contributed by atoms with Crippen molar-refractivity contribution in [3.05, 3.63) is 29.5 Å². The van der Waals surface area contributed by atoms with Crippen molar-refractivity contribution in [1.29, 1.82) is 0 Å². The van der Waals surface area contributed by atoms with Crippen LogP contribution in [0.2, 0.25) is 0 Å². The van der Waals surface area contributed by atoms with Crippen molar-refractivity contribution in [3.8, 4) is 5.75 Å². The summed E-state index contributed by atoms with van der Waals surface area (Å²) in [5.41, 5.74) is 3.61. The van der Waals surface area contributed by atoms with Gasteiger partial charge in [0.2, 0.25) is 5.91 Å². The molecule has 0 aliphatic carbocycles. The van der Waals surface area contributed by atoms with Crippen molar-refractivity contribution in [2.45, 2.75) is 25.3 Å². The number of carbonyl (C=O) groups excluding carboxylic acids is 1. The summed E-state index contributed by atoms with van der Waals surface area (Å²) in [7, 11) is 0.177. The van der Waals surface area contributed by atoms with Crippen LogP contribution >= 0.6 is 0 Å². The lowest BCUT2D eigenvalue weighted by atomic mass is 9.93. The first-order chi connectivity index (χ1) is 11.7. The largest absolute Gasteiger partial charge is 0.497 e. The fourth-order valence-electron chi connectivity index (χ4n) is 3.74. The highest BCUT2D eigenvalue weighted by molar-refractivity contribution is 7.85. The third-order valence-electron chi connectivity index (χ3n) is 4.76. The van der Waals surface area contributed by atoms with Gasteiger partial charge >= 0.3 is 0 Å². The van der Waals surface area contributed by atoms with Gasteiger partial charge in [0.1, 0.15) is 5.75 Å². The first-order valence-corrected chi connectivity index (χ1v) is 9.92. The van der Waals surface area contributed by atoms with E-state index in [4.69, 9.17) is 9.29 Å². The van der Waals surface area contributed by atoms with Crippen LogP contribution in [-0.4, -0.2) is 55.3 Å². The number of rotatable bonds is 1. The third kappa shape index (κ3) is 3.42. The number of hydrogen-bond donors (Lipinski definition) is 1. The third-order valence-corrected chi connectivity index (χ3v) is 4.76. The van der Waals surface area contributed by atoms with Crippen LogP contribution in [0.15, 0.2) is 18.2 Å². The van der Waals surface area contributed by atoms with Gasteiger partial charge in [-0.1, -0.05) is 0 Å². The molecule has 25 heavy (non-hydrogen) atoms. The fraction of sp³-hybridized carbons (Fsp3) is 0.471. The molecule has 0 saturated heterocycles. The van der Waals surface area contributed by atoms with Crippen LogP contribution in [0.1, 0.15) is 34.9 Å². The van der Waals surface area contributed by atoms with Gasteiger partial charge in [-0.2, -0.15) is 8.42 Å². The molecule has 2 aliphatic rings. The van der Waals surface area contributed by atoms with Gasteiger partial charge in [0, 0.05) is 24.0 Å². The first kappa shape index (κ1) is 17.9. The minimum atomic E-state index is -3.67. The van der Waals surface area contributed by atoms with Gasteiger partial charge in [0.25, 0.3) is 10.1 Å². The quantitative estimate of drug-likeness (QED) is 0.778. The number of methoxy groups -OCH3 is 1. The monoisotopic (exact) mass is 366 g/mol. The predicted octanol–water partition coefficient (Wildman–Crippen LogP) is 2.12. The van der Waals surface area contributed by atoms with Gasteiger partial charge in [-0.3, -0.25) is 18.8 Å². The second kappa shape index (κ2) is 6.44. The number of hydrogen-bond acceptors (Lipinski definition) is 5. The molecule has 1 unspecified atom stereocenters. The molecule has 0 saturated carbocycles. The van der Waals surface area contributed by atoms with E-state index in [2.05, 4.69) is 18.0 Å². The molecule has 1 atom stereocenters. The zero-order valence-electron chi connectivity index (χ0n) is 14.5. The summed E-state index contributed by atoms with van der Waals surface area (Å²) in [5, 5.41) is 1.19. The van der Waals surface area contributed by atoms with Crippen LogP contribution in [0, 0.1) is 0 Å². The summed E-state index contributed by atoms with van der Waals surface area (Å²) < 4.78 is 33.2. The van der Waals surface area contributed by atoms with E-state index in [1.54, 1.807) is 7.11 Å². The molecule has 0 amide bonds. The highest BCUT2D eigenvalue weighted by atomic mass is 32.2. The zero-order valence-corrected chi connectivity index (χ0v) is 15.3. The van der Waals surface area contributed by atoms with E-state index >= 15 is 0 Å². The Labute approximate surface area is 146 Å². The number of carbonyl (C=O) groups is 1. The molecule has 1 aromatic heterocycles. The molecule has 7 nitrogen and oxygen atoms in total. The van der Waals surface area contributed by atoms with E-state index < -0.39 is 10.1 Å². The number of fused-ring (bicyclic) bond motifs is 3. The molecule has 3 heterocycles. The Balaban J connectivity index is 0.000000324. The number of ether oxygens (including phenoxy) is 1. The molecule has 2 aromatic rings. The molecule has 1 N–H and O–H groups in total. The summed E-state index contributed by atoms with van der Waals surface area (Å²) in [6.07, 6.45) is 3.30. The van der Waals surface area contributed by atoms with Crippen LogP contribution in [0.5, 0.6) is 5.75 Å². The molecule has 4 rings (SSSR count). The molecule has 8 heteroatoms. The van der Waals surface area contributed by atoms with E-state index in [9.17, 15) is 13.2 Å². The Morgan fingerprint density at radius 1 is 1.28 bits per heavy atom. The summed E-state index contributed by atoms with van der Waals surface area (Å²) >= 11 is 0. The maximum absolute atomic E-state index is 12.4. The smallest absolute Gasteiger partial charge is 0.261 e. The van der Waals surface area contributed by atoms with Crippen LogP contribution in [0.4, 0.5) is 0 Å². The zero-order chi connectivity index (χ0) is 18.4. The summed E-state index contributed by atoms with van der Waals surface area (Å²) in [6.45, 7) is 1.06. The van der Waals surface area contributed by atoms with Crippen LogP contribution in [0.25, 0.3) is 10.9 Å². The average Bonchev–Trinajstić information content (AvgIpc) is 2.86. The van der Waals surface area contributed by atoms with E-state index in [1.807, 2.05) is 16.7 Å². The number of aromatic nitrogens is 1. The number of nitrogens with zero attached hydrogens (tertiary/aromatic N) is 2. The normalized spacial score (nSPS) is 20.0. The van der Waals surface area contributed by atoms with Crippen LogP contribution in [-0.2, 0) is 16.5 Å². The van der Waals surface area contributed by atoms with Gasteiger partial charge in [-0.15, -0.1) is 0 Å². The van der Waals surface area contributed by atoms with Crippen LogP contribution < -0.4 is 4.74 Å². The fourth-order valence-corrected chi connectivity index (χ4v) is 3.74. The molecule has 1 aromatic carbocycles. The summed E-state index contributed by atoms with van der Waals surface area (Å²) in [4.78, 5) is 14.7. The number of benzene rings is 1. The Hall–Kier alpha value is -1.90. The van der Waals surface area contributed by atoms with Gasteiger partial charge in [-0.05, 0) is 43.7 Å². The van der Waals surface area contributed by atoms with Crippen LogP contribution in [0.3, 0.4) is 0 Å². The molecule has 2 aliphatic heterocycles. The lowest BCUT2D eigenvalue weighted by molar-refractivity contribution is 0.0833. The first-order valence-electron chi connectivity index (χ1n) is 8.08. The summed E-state index contributed by atoms with van der Waals surface area (Å²) in [6, 6.07) is 6.42. The Kier molecular flexibility index (Phi) is 4.61. The van der Waals surface area contributed by atoms with Crippen molar-refractivity contribution in [2.24, 2.45) is 0 Å². The average molecular weight is 366 g/mol. The molecule has 0 radical (unpaired) electrons. The van der Waals surface area contributed by atoms with Gasteiger partial charge in [0.05, 0.1) is 24.9 Å². The highest BCUT2D eigenvalue weighted by Crippen LogP contribution is 2.42. The highest BCUT2D eigenvalue weighted by Gasteiger charge is 2.36. The lowest BCUT2D eigenvalue weighted by Gasteiger charge is -2.36. The Morgan fingerprint density at radius 2 is 1.96 bits per heavy atom. The van der Waals surface area contributed by atoms with Gasteiger partial charge < -0.3 is 4.74 Å². The number of likely N-dealkylation sites (N-methyl/N-ethyl adjacent to an activating group) is 1. The molecular weight excluding hydrogens is 344 g/mol. The molecular formula is C17H22N2O5S. The van der Waals surface area contributed by atoms with E-state index in [1.165, 1.54) is 16.6 Å². The van der Waals surface area contributed by atoms with Crippen molar-refractivity contribution >= 4 is 26.9 Å². The molecule has 0 spiro atoms. The van der Waals surface area contributed by atoms with E-state index in [-0.39, 0.29) is 5.91 Å². The van der Waals surface area contributed by atoms with E-state index in [0.29, 0.717) is 18.7 Å². The van der Waals surface area contributed by atoms with E-state index in [0.717, 1.165) is 30.7 Å². The molecule has 0 bridgehead atoms. The van der Waals surface area contributed by atoms with Crippen molar-refractivity contribution < 1.29 is 22.5 Å². The standard InChI is InChI=1S/C16H18N2O2.CH4O3S/c1-17-8-7-11-12-9-10(20-2)3-4-13(12)18-15(19)6-5-14(17)16(11)18;1-5(2,3)4/h3-4,9,14H,5-8H2,1-2H3;1H3,(H,2,3,4). The topological polar surface area (TPSA) is 88.8 Å². The summed E-state index contributed by atoms with van der Waals surface area (Å²) in [5.74, 6) is 1.09. The minimum Gasteiger partial charge on any atom is -0.497 e. The molecule has 136 valence electrons. The van der Waals surface area contributed by atoms with Crippen molar-refractivity contribution in [2.75, 3.05) is 27.0 Å². The minimum absolute atomic E-state index is 0.230. The second-order valence-corrected chi connectivity index (χ2v) is 7.96. The maximum atomic E-state index is 12.4. The Morgan fingerprint density at radius 3 is 2.60 bits per heavy atom. The second-order valence-electron chi connectivity index (χ2n) is 6.49. The maximum Gasteiger partial charge on any atom is 0.261 e.